The zero-order chi connectivity index (χ0) is 22.4. The van der Waals surface area contributed by atoms with E-state index in [4.69, 9.17) is 0 Å². The van der Waals surface area contributed by atoms with Crippen molar-refractivity contribution in [3.8, 4) is 0 Å². The van der Waals surface area contributed by atoms with Crippen LogP contribution in [0.1, 0.15) is 79.2 Å². The van der Waals surface area contributed by atoms with Crippen LogP contribution < -0.4 is 0 Å². The van der Waals surface area contributed by atoms with E-state index >= 15 is 0 Å². The summed E-state index contributed by atoms with van der Waals surface area (Å²) in [5.74, 6) is -0.230. The standard InChI is InChI=1S/C26H32N2O3/c1-26(2,3)28(19-20-13-7-6-8-14-20)23(29)17-9-4-5-12-18-27-24(30)21-15-10-11-16-22(21)25(27)31/h6-8,10-11,13-16H,4-5,9,12,17-19H2,1-3H3. The minimum absolute atomic E-state index is 0.164. The van der Waals surface area contributed by atoms with E-state index in [1.807, 2.05) is 35.2 Å². The second-order valence-corrected chi connectivity index (χ2v) is 9.11. The van der Waals surface area contributed by atoms with Gasteiger partial charge in [-0.05, 0) is 51.3 Å². The highest BCUT2D eigenvalue weighted by Crippen LogP contribution is 2.23. The highest BCUT2D eigenvalue weighted by Gasteiger charge is 2.34. The number of amides is 3. The van der Waals surface area contributed by atoms with Gasteiger partial charge in [0.05, 0.1) is 11.1 Å². The highest BCUT2D eigenvalue weighted by molar-refractivity contribution is 6.21. The normalized spacial score (nSPS) is 13.5. The monoisotopic (exact) mass is 420 g/mol. The molecule has 0 unspecified atom stereocenters. The van der Waals surface area contributed by atoms with E-state index in [2.05, 4.69) is 20.8 Å². The molecule has 0 saturated heterocycles. The van der Waals surface area contributed by atoms with Crippen molar-refractivity contribution in [1.82, 2.24) is 9.80 Å². The number of nitrogens with zero attached hydrogens (tertiary/aromatic N) is 2. The molecule has 0 saturated carbocycles. The van der Waals surface area contributed by atoms with Crippen LogP contribution in [0, 0.1) is 0 Å². The Hall–Kier alpha value is -2.95. The number of benzene rings is 2. The first-order valence-corrected chi connectivity index (χ1v) is 11.1. The zero-order valence-corrected chi connectivity index (χ0v) is 18.8. The smallest absolute Gasteiger partial charge is 0.261 e. The fourth-order valence-corrected chi connectivity index (χ4v) is 3.94. The van der Waals surface area contributed by atoms with Gasteiger partial charge in [0.2, 0.25) is 5.91 Å². The number of fused-ring (bicyclic) bond motifs is 1. The average Bonchev–Trinajstić information content (AvgIpc) is 2.99. The van der Waals surface area contributed by atoms with Gasteiger partial charge in [0.25, 0.3) is 11.8 Å². The maximum absolute atomic E-state index is 12.9. The van der Waals surface area contributed by atoms with E-state index < -0.39 is 0 Å². The van der Waals surface area contributed by atoms with Crippen molar-refractivity contribution in [3.63, 3.8) is 0 Å². The Labute approximate surface area is 185 Å². The molecule has 3 rings (SSSR count). The molecule has 0 radical (unpaired) electrons. The average molecular weight is 421 g/mol. The molecule has 0 atom stereocenters. The van der Waals surface area contributed by atoms with Crippen molar-refractivity contribution < 1.29 is 14.4 Å². The molecule has 5 nitrogen and oxygen atoms in total. The van der Waals surface area contributed by atoms with E-state index in [0.29, 0.717) is 30.6 Å². The van der Waals surface area contributed by atoms with Crippen LogP contribution in [0.25, 0.3) is 0 Å². The maximum atomic E-state index is 12.9. The fourth-order valence-electron chi connectivity index (χ4n) is 3.94. The fraction of sp³-hybridized carbons (Fsp3) is 0.423. The van der Waals surface area contributed by atoms with Gasteiger partial charge in [-0.1, -0.05) is 55.3 Å². The van der Waals surface area contributed by atoms with Gasteiger partial charge in [-0.2, -0.15) is 0 Å². The molecule has 2 aromatic carbocycles. The van der Waals surface area contributed by atoms with Crippen LogP contribution in [0.4, 0.5) is 0 Å². The first-order chi connectivity index (χ1) is 14.8. The largest absolute Gasteiger partial charge is 0.334 e. The number of hydrogen-bond donors (Lipinski definition) is 0. The lowest BCUT2D eigenvalue weighted by molar-refractivity contribution is -0.136. The quantitative estimate of drug-likeness (QED) is 0.421. The molecule has 2 aromatic rings. The summed E-state index contributed by atoms with van der Waals surface area (Å²) in [5.41, 5.74) is 1.89. The van der Waals surface area contributed by atoms with Gasteiger partial charge < -0.3 is 4.90 Å². The molecule has 0 spiro atoms. The summed E-state index contributed by atoms with van der Waals surface area (Å²) >= 11 is 0. The minimum Gasteiger partial charge on any atom is -0.334 e. The third kappa shape index (κ3) is 5.60. The molecule has 1 aliphatic rings. The molecule has 1 heterocycles. The molecule has 164 valence electrons. The van der Waals surface area contributed by atoms with Crippen molar-refractivity contribution >= 4 is 17.7 Å². The number of carbonyl (C=O) groups excluding carboxylic acids is 3. The van der Waals surface area contributed by atoms with E-state index in [1.165, 1.54) is 4.90 Å². The number of rotatable bonds is 9. The van der Waals surface area contributed by atoms with E-state index in [9.17, 15) is 14.4 Å². The summed E-state index contributed by atoms with van der Waals surface area (Å²) in [4.78, 5) is 40.9. The summed E-state index contributed by atoms with van der Waals surface area (Å²) < 4.78 is 0. The van der Waals surface area contributed by atoms with Crippen molar-refractivity contribution in [3.05, 3.63) is 71.3 Å². The predicted octanol–water partition coefficient (Wildman–Crippen LogP) is 5.06. The molecule has 5 heteroatoms. The van der Waals surface area contributed by atoms with Gasteiger partial charge in [0.1, 0.15) is 0 Å². The first-order valence-electron chi connectivity index (χ1n) is 11.1. The van der Waals surface area contributed by atoms with Crippen molar-refractivity contribution in [2.24, 2.45) is 0 Å². The lowest BCUT2D eigenvalue weighted by atomic mass is 10.0. The second kappa shape index (κ2) is 9.90. The first kappa shape index (κ1) is 22.7. The molecule has 31 heavy (non-hydrogen) atoms. The third-order valence-corrected chi connectivity index (χ3v) is 5.69. The number of hydrogen-bond acceptors (Lipinski definition) is 3. The van der Waals surface area contributed by atoms with Crippen molar-refractivity contribution in [2.75, 3.05) is 6.54 Å². The summed E-state index contributed by atoms with van der Waals surface area (Å²) in [6.07, 6.45) is 3.86. The maximum Gasteiger partial charge on any atom is 0.261 e. The van der Waals surface area contributed by atoms with E-state index in [1.54, 1.807) is 24.3 Å². The molecule has 0 N–H and O–H groups in total. The van der Waals surface area contributed by atoms with Gasteiger partial charge in [-0.3, -0.25) is 19.3 Å². The molecule has 1 aliphatic heterocycles. The van der Waals surface area contributed by atoms with Crippen LogP contribution in [-0.4, -0.2) is 39.6 Å². The highest BCUT2D eigenvalue weighted by atomic mass is 16.2. The summed E-state index contributed by atoms with van der Waals surface area (Å²) in [6.45, 7) is 7.24. The van der Waals surface area contributed by atoms with Crippen molar-refractivity contribution in [2.45, 2.75) is 65.0 Å². The zero-order valence-electron chi connectivity index (χ0n) is 18.8. The van der Waals surface area contributed by atoms with Gasteiger partial charge in [0.15, 0.2) is 0 Å². The van der Waals surface area contributed by atoms with Gasteiger partial charge in [-0.15, -0.1) is 0 Å². The number of carbonyl (C=O) groups is 3. The SMILES string of the molecule is CC(C)(C)N(Cc1ccccc1)C(=O)CCCCCCN1C(=O)c2ccccc2C1=O. The van der Waals surface area contributed by atoms with Crippen LogP contribution >= 0.6 is 0 Å². The Morgan fingerprint density at radius 1 is 0.806 bits per heavy atom. The molecular weight excluding hydrogens is 388 g/mol. The molecule has 0 aliphatic carbocycles. The number of imide groups is 1. The lowest BCUT2D eigenvalue weighted by Crippen LogP contribution is -2.45. The molecule has 0 aromatic heterocycles. The van der Waals surface area contributed by atoms with Crippen LogP contribution in [0.5, 0.6) is 0 Å². The van der Waals surface area contributed by atoms with E-state index in [0.717, 1.165) is 31.2 Å². The van der Waals surface area contributed by atoms with Gasteiger partial charge in [-0.25, -0.2) is 0 Å². The molecule has 3 amide bonds. The summed E-state index contributed by atoms with van der Waals surface area (Å²) in [6, 6.07) is 17.0. The van der Waals surface area contributed by atoms with Crippen LogP contribution in [0.3, 0.4) is 0 Å². The third-order valence-electron chi connectivity index (χ3n) is 5.69. The molecule has 0 bridgehead atoms. The van der Waals surface area contributed by atoms with Gasteiger partial charge in [0, 0.05) is 25.0 Å². The second-order valence-electron chi connectivity index (χ2n) is 9.11. The van der Waals surface area contributed by atoms with Crippen LogP contribution in [-0.2, 0) is 11.3 Å². The molecule has 0 fully saturated rings. The Balaban J connectivity index is 1.41. The topological polar surface area (TPSA) is 57.7 Å². The van der Waals surface area contributed by atoms with Crippen LogP contribution in [0.2, 0.25) is 0 Å². The Morgan fingerprint density at radius 2 is 1.35 bits per heavy atom. The van der Waals surface area contributed by atoms with Crippen LogP contribution in [0.15, 0.2) is 54.6 Å². The molecular formula is C26H32N2O3. The summed E-state index contributed by atoms with van der Waals surface area (Å²) in [5, 5.41) is 0. The minimum atomic E-state index is -0.238. The Bertz CT molecular complexity index is 896. The predicted molar refractivity (Wildman–Crippen MR) is 122 cm³/mol. The number of unbranched alkanes of at least 4 members (excludes halogenated alkanes) is 3. The lowest BCUT2D eigenvalue weighted by Gasteiger charge is -2.36. The summed E-state index contributed by atoms with van der Waals surface area (Å²) in [7, 11) is 0. The van der Waals surface area contributed by atoms with E-state index in [-0.39, 0.29) is 23.3 Å². The van der Waals surface area contributed by atoms with Gasteiger partial charge >= 0.3 is 0 Å². The Morgan fingerprint density at radius 3 is 1.94 bits per heavy atom. The Kier molecular flexibility index (Phi) is 7.26. The van der Waals surface area contributed by atoms with Crippen molar-refractivity contribution in [1.29, 1.82) is 0 Å².